The zero-order valence-corrected chi connectivity index (χ0v) is 12.8. The highest BCUT2D eigenvalue weighted by Gasteiger charge is 2.12. The Morgan fingerprint density at radius 3 is 2.46 bits per heavy atom. The van der Waals surface area contributed by atoms with Gasteiger partial charge in [-0.05, 0) is 49.4 Å². The Morgan fingerprint density at radius 2 is 1.79 bits per heavy atom. The molecule has 24 heavy (non-hydrogen) atoms. The molecular weight excluding hydrogens is 308 g/mol. The number of amides is 1. The molecule has 0 fully saturated rings. The maximum absolute atomic E-state index is 12.4. The molecule has 0 bridgehead atoms. The van der Waals surface area contributed by atoms with Gasteiger partial charge in [-0.3, -0.25) is 15.0 Å². The molecule has 0 aliphatic heterocycles. The van der Waals surface area contributed by atoms with Gasteiger partial charge in [-0.15, -0.1) is 0 Å². The highest BCUT2D eigenvalue weighted by Crippen LogP contribution is 2.19. The fourth-order valence-electron chi connectivity index (χ4n) is 2.27. The van der Waals surface area contributed by atoms with Crippen molar-refractivity contribution < 1.29 is 19.1 Å². The molecule has 1 aromatic heterocycles. The smallest absolute Gasteiger partial charge is 0.261 e. The van der Waals surface area contributed by atoms with Crippen LogP contribution >= 0.6 is 0 Å². The Balaban J connectivity index is 1.90. The monoisotopic (exact) mass is 322 g/mol. The van der Waals surface area contributed by atoms with Crippen LogP contribution in [0.4, 0.5) is 5.69 Å². The standard InChI is InChI=1S/C18H14N2O4/c1-10(21)11-2-5-13(6-3-11)20-18(23)15-8-12-4-7-14(22)9-16(12)24-17(15)19/h2-9,19,22H,1H3,(H,20,23). The molecule has 120 valence electrons. The van der Waals surface area contributed by atoms with Crippen LogP contribution < -0.4 is 10.9 Å². The molecular formula is C18H14N2O4. The number of carbonyl (C=O) groups excluding carboxylic acids is 2. The van der Waals surface area contributed by atoms with Gasteiger partial charge in [0.05, 0.1) is 0 Å². The minimum absolute atomic E-state index is 0.0217. The van der Waals surface area contributed by atoms with Crippen molar-refractivity contribution >= 4 is 28.3 Å². The number of hydrogen-bond donors (Lipinski definition) is 3. The van der Waals surface area contributed by atoms with Crippen molar-refractivity contribution in [2.45, 2.75) is 6.92 Å². The number of Topliss-reactive ketones (excluding diaryl/α,β-unsaturated/α-hetero) is 1. The first-order valence-corrected chi connectivity index (χ1v) is 7.18. The molecule has 2 aromatic carbocycles. The molecule has 3 aromatic rings. The minimum atomic E-state index is -0.491. The van der Waals surface area contributed by atoms with Crippen molar-refractivity contribution in [2.75, 3.05) is 5.32 Å². The van der Waals surface area contributed by atoms with E-state index in [2.05, 4.69) is 5.32 Å². The summed E-state index contributed by atoms with van der Waals surface area (Å²) in [6, 6.07) is 12.5. The van der Waals surface area contributed by atoms with Gasteiger partial charge in [0.25, 0.3) is 5.91 Å². The highest BCUT2D eigenvalue weighted by atomic mass is 16.3. The molecule has 6 heteroatoms. The Bertz CT molecular complexity index is 1000. The summed E-state index contributed by atoms with van der Waals surface area (Å²) < 4.78 is 5.28. The van der Waals surface area contributed by atoms with E-state index in [9.17, 15) is 14.7 Å². The molecule has 3 rings (SSSR count). The van der Waals surface area contributed by atoms with Crippen LogP contribution in [0.25, 0.3) is 11.0 Å². The van der Waals surface area contributed by atoms with E-state index in [-0.39, 0.29) is 22.7 Å². The van der Waals surface area contributed by atoms with Crippen LogP contribution in [0.1, 0.15) is 27.6 Å². The summed E-state index contributed by atoms with van der Waals surface area (Å²) in [5.74, 6) is -0.527. The number of hydrogen-bond acceptors (Lipinski definition) is 5. The van der Waals surface area contributed by atoms with Crippen LogP contribution in [0.15, 0.2) is 52.9 Å². The largest absolute Gasteiger partial charge is 0.508 e. The number of aromatic hydroxyl groups is 1. The first-order valence-electron chi connectivity index (χ1n) is 7.18. The van der Waals surface area contributed by atoms with Gasteiger partial charge in [-0.2, -0.15) is 0 Å². The van der Waals surface area contributed by atoms with E-state index in [1.54, 1.807) is 30.3 Å². The van der Waals surface area contributed by atoms with Crippen LogP contribution in [0.2, 0.25) is 0 Å². The molecule has 1 heterocycles. The number of phenolic OH excluding ortho intramolecular Hbond substituents is 1. The quantitative estimate of drug-likeness (QED) is 0.645. The average Bonchev–Trinajstić information content (AvgIpc) is 2.54. The second kappa shape index (κ2) is 6.00. The average molecular weight is 322 g/mol. The molecule has 0 saturated heterocycles. The van der Waals surface area contributed by atoms with E-state index in [1.165, 1.54) is 25.1 Å². The van der Waals surface area contributed by atoms with Gasteiger partial charge in [0.1, 0.15) is 16.9 Å². The summed E-state index contributed by atoms with van der Waals surface area (Å²) in [4.78, 5) is 23.6. The summed E-state index contributed by atoms with van der Waals surface area (Å²) in [7, 11) is 0. The van der Waals surface area contributed by atoms with Crippen LogP contribution in [-0.2, 0) is 0 Å². The van der Waals surface area contributed by atoms with Crippen LogP contribution in [0.5, 0.6) is 5.75 Å². The summed E-state index contributed by atoms with van der Waals surface area (Å²) in [6.45, 7) is 1.47. The third-order valence-corrected chi connectivity index (χ3v) is 3.55. The van der Waals surface area contributed by atoms with Crippen molar-refractivity contribution in [3.8, 4) is 5.75 Å². The number of carbonyl (C=O) groups is 2. The predicted octanol–water partition coefficient (Wildman–Crippen LogP) is 3.07. The molecule has 3 N–H and O–H groups in total. The number of fused-ring (bicyclic) bond motifs is 1. The normalized spacial score (nSPS) is 10.5. The van der Waals surface area contributed by atoms with Gasteiger partial charge in [0.2, 0.25) is 5.55 Å². The van der Waals surface area contributed by atoms with E-state index in [0.717, 1.165) is 0 Å². The van der Waals surface area contributed by atoms with Crippen LogP contribution in [0.3, 0.4) is 0 Å². The van der Waals surface area contributed by atoms with Gasteiger partial charge >= 0.3 is 0 Å². The Kier molecular flexibility index (Phi) is 3.87. The molecule has 6 nitrogen and oxygen atoms in total. The number of phenols is 1. The molecule has 0 aliphatic rings. The maximum Gasteiger partial charge on any atom is 0.261 e. The lowest BCUT2D eigenvalue weighted by Gasteiger charge is -2.07. The zero-order valence-electron chi connectivity index (χ0n) is 12.8. The number of nitrogens with one attached hydrogen (secondary N) is 2. The molecule has 0 aliphatic carbocycles. The first kappa shape index (κ1) is 15.5. The second-order valence-corrected chi connectivity index (χ2v) is 5.30. The van der Waals surface area contributed by atoms with E-state index in [1.807, 2.05) is 0 Å². The van der Waals surface area contributed by atoms with Crippen LogP contribution in [-0.4, -0.2) is 16.8 Å². The lowest BCUT2D eigenvalue weighted by molar-refractivity contribution is 0.101. The molecule has 0 spiro atoms. The molecule has 0 atom stereocenters. The molecule has 0 unspecified atom stereocenters. The predicted molar refractivity (Wildman–Crippen MR) is 88.1 cm³/mol. The fourth-order valence-corrected chi connectivity index (χ4v) is 2.27. The summed E-state index contributed by atoms with van der Waals surface area (Å²) in [5, 5.41) is 20.5. The zero-order chi connectivity index (χ0) is 17.3. The minimum Gasteiger partial charge on any atom is -0.508 e. The van der Waals surface area contributed by atoms with E-state index in [4.69, 9.17) is 9.83 Å². The number of rotatable bonds is 3. The van der Waals surface area contributed by atoms with Crippen LogP contribution in [0, 0.1) is 5.41 Å². The van der Waals surface area contributed by atoms with Gasteiger partial charge in [0, 0.05) is 22.7 Å². The van der Waals surface area contributed by atoms with Crippen molar-refractivity contribution in [2.24, 2.45) is 0 Å². The van der Waals surface area contributed by atoms with Crippen molar-refractivity contribution in [1.82, 2.24) is 0 Å². The van der Waals surface area contributed by atoms with E-state index in [0.29, 0.717) is 22.2 Å². The number of ketones is 1. The Labute approximate surface area is 136 Å². The lowest BCUT2D eigenvalue weighted by Crippen LogP contribution is -2.20. The van der Waals surface area contributed by atoms with Gasteiger partial charge < -0.3 is 14.8 Å². The van der Waals surface area contributed by atoms with Crippen molar-refractivity contribution in [3.63, 3.8) is 0 Å². The number of benzene rings is 2. The molecule has 1 amide bonds. The molecule has 0 radical (unpaired) electrons. The van der Waals surface area contributed by atoms with Crippen molar-refractivity contribution in [1.29, 1.82) is 5.41 Å². The fraction of sp³-hybridized carbons (Fsp3) is 0.0556. The Hall–Kier alpha value is -3.41. The summed E-state index contributed by atoms with van der Waals surface area (Å²) >= 11 is 0. The van der Waals surface area contributed by atoms with E-state index >= 15 is 0 Å². The van der Waals surface area contributed by atoms with Gasteiger partial charge in [0.15, 0.2) is 5.78 Å². The summed E-state index contributed by atoms with van der Waals surface area (Å²) in [5.41, 5.74) is 1.15. The first-order chi connectivity index (χ1) is 11.4. The Morgan fingerprint density at radius 1 is 1.08 bits per heavy atom. The maximum atomic E-state index is 12.4. The summed E-state index contributed by atoms with van der Waals surface area (Å²) in [6.07, 6.45) is 0. The lowest BCUT2D eigenvalue weighted by atomic mass is 10.1. The third-order valence-electron chi connectivity index (χ3n) is 3.55. The topological polar surface area (TPSA) is 103 Å². The second-order valence-electron chi connectivity index (χ2n) is 5.30. The third kappa shape index (κ3) is 3.03. The van der Waals surface area contributed by atoms with Crippen molar-refractivity contribution in [3.05, 3.63) is 65.2 Å². The molecule has 0 saturated carbocycles. The highest BCUT2D eigenvalue weighted by molar-refractivity contribution is 6.05. The van der Waals surface area contributed by atoms with Gasteiger partial charge in [-0.25, -0.2) is 0 Å². The van der Waals surface area contributed by atoms with Gasteiger partial charge in [-0.1, -0.05) is 0 Å². The SMILES string of the molecule is CC(=O)c1ccc(NC(=O)c2cc3ccc(O)cc3oc2=N)cc1. The number of anilines is 1. The van der Waals surface area contributed by atoms with E-state index < -0.39 is 5.91 Å².